The van der Waals surface area contributed by atoms with Crippen molar-refractivity contribution in [2.45, 2.75) is 63.5 Å². The SMILES string of the molecule is CCCC(=O)Nc1ccc2c(c1)C(=O)N(C)[C@@H]1CC[C@H](CC(=O)NCC(F)(F)F)O[C@@H]1CO2. The van der Waals surface area contributed by atoms with E-state index in [2.05, 4.69) is 5.32 Å². The largest absolute Gasteiger partial charge is 0.490 e. The first kappa shape index (κ1) is 24.8. The number of fused-ring (bicyclic) bond motifs is 2. The number of amides is 3. The molecule has 1 aromatic rings. The van der Waals surface area contributed by atoms with Crippen LogP contribution in [0.15, 0.2) is 18.2 Å². The van der Waals surface area contributed by atoms with Gasteiger partial charge < -0.3 is 25.0 Å². The number of rotatable bonds is 6. The lowest BCUT2D eigenvalue weighted by Crippen LogP contribution is -2.54. The molecule has 33 heavy (non-hydrogen) atoms. The van der Waals surface area contributed by atoms with Gasteiger partial charge >= 0.3 is 6.18 Å². The maximum Gasteiger partial charge on any atom is 0.405 e. The molecule has 1 aromatic carbocycles. The fraction of sp³-hybridized carbons (Fsp3) is 0.591. The number of likely N-dealkylation sites (N-methyl/N-ethyl adjacent to an activating group) is 1. The van der Waals surface area contributed by atoms with Crippen LogP contribution in [0.1, 0.15) is 49.4 Å². The summed E-state index contributed by atoms with van der Waals surface area (Å²) in [6.45, 7) is 0.620. The van der Waals surface area contributed by atoms with E-state index < -0.39 is 30.8 Å². The van der Waals surface area contributed by atoms with E-state index in [9.17, 15) is 27.6 Å². The Bertz CT molecular complexity index is 893. The number of alkyl halides is 3. The summed E-state index contributed by atoms with van der Waals surface area (Å²) in [5.41, 5.74) is 0.818. The second-order valence-electron chi connectivity index (χ2n) is 8.27. The number of carbonyl (C=O) groups is 3. The predicted octanol–water partition coefficient (Wildman–Crippen LogP) is 2.87. The van der Waals surface area contributed by atoms with Crippen molar-refractivity contribution >= 4 is 23.4 Å². The smallest absolute Gasteiger partial charge is 0.405 e. The van der Waals surface area contributed by atoms with Crippen molar-refractivity contribution in [1.29, 1.82) is 0 Å². The van der Waals surface area contributed by atoms with Crippen LogP contribution in [0.2, 0.25) is 0 Å². The maximum atomic E-state index is 13.2. The Morgan fingerprint density at radius 3 is 2.67 bits per heavy atom. The molecule has 0 bridgehead atoms. The summed E-state index contributed by atoms with van der Waals surface area (Å²) in [5.74, 6) is -0.838. The fourth-order valence-electron chi connectivity index (χ4n) is 4.03. The van der Waals surface area contributed by atoms with Crippen LogP contribution in [0.4, 0.5) is 18.9 Å². The summed E-state index contributed by atoms with van der Waals surface area (Å²) < 4.78 is 48.7. The van der Waals surface area contributed by atoms with Crippen molar-refractivity contribution in [2.24, 2.45) is 0 Å². The van der Waals surface area contributed by atoms with E-state index in [0.717, 1.165) is 0 Å². The van der Waals surface area contributed by atoms with Gasteiger partial charge in [0.05, 0.1) is 24.1 Å². The molecule has 0 unspecified atom stereocenters. The number of hydrogen-bond acceptors (Lipinski definition) is 5. The van der Waals surface area contributed by atoms with Crippen molar-refractivity contribution < 1.29 is 37.0 Å². The van der Waals surface area contributed by atoms with Gasteiger partial charge in [0, 0.05) is 19.2 Å². The zero-order valence-corrected chi connectivity index (χ0v) is 18.5. The van der Waals surface area contributed by atoms with Crippen LogP contribution >= 0.6 is 0 Å². The molecule has 0 spiro atoms. The maximum absolute atomic E-state index is 13.2. The number of nitrogens with zero attached hydrogens (tertiary/aromatic N) is 1. The summed E-state index contributed by atoms with van der Waals surface area (Å²) in [7, 11) is 1.65. The van der Waals surface area contributed by atoms with Crippen LogP contribution in [0, 0.1) is 0 Å². The zero-order valence-electron chi connectivity index (χ0n) is 18.5. The minimum Gasteiger partial charge on any atom is -0.490 e. The van der Waals surface area contributed by atoms with E-state index in [4.69, 9.17) is 9.47 Å². The highest BCUT2D eigenvalue weighted by Crippen LogP contribution is 2.32. The summed E-state index contributed by atoms with van der Waals surface area (Å²) in [4.78, 5) is 38.5. The summed E-state index contributed by atoms with van der Waals surface area (Å²) in [6, 6.07) is 4.51. The Kier molecular flexibility index (Phi) is 7.83. The quantitative estimate of drug-likeness (QED) is 0.665. The van der Waals surface area contributed by atoms with E-state index in [1.165, 1.54) is 0 Å². The van der Waals surface area contributed by atoms with Gasteiger partial charge in [-0.25, -0.2) is 0 Å². The molecule has 0 radical (unpaired) electrons. The van der Waals surface area contributed by atoms with Crippen LogP contribution in [-0.2, 0) is 14.3 Å². The molecule has 0 aliphatic carbocycles. The minimum absolute atomic E-state index is 0.109. The monoisotopic (exact) mass is 471 g/mol. The van der Waals surface area contributed by atoms with Crippen molar-refractivity contribution in [1.82, 2.24) is 10.2 Å². The van der Waals surface area contributed by atoms with E-state index >= 15 is 0 Å². The highest BCUT2D eigenvalue weighted by atomic mass is 19.4. The highest BCUT2D eigenvalue weighted by molar-refractivity contribution is 5.99. The van der Waals surface area contributed by atoms with Crippen LogP contribution in [0.5, 0.6) is 5.75 Å². The average Bonchev–Trinajstić information content (AvgIpc) is 2.75. The average molecular weight is 471 g/mol. The molecule has 182 valence electrons. The molecule has 0 aromatic heterocycles. The lowest BCUT2D eigenvalue weighted by atomic mass is 9.94. The Hall–Kier alpha value is -2.82. The zero-order chi connectivity index (χ0) is 24.2. The molecule has 2 aliphatic rings. The van der Waals surface area contributed by atoms with Crippen molar-refractivity contribution in [2.75, 3.05) is 25.5 Å². The molecule has 1 saturated heterocycles. The van der Waals surface area contributed by atoms with Crippen LogP contribution < -0.4 is 15.4 Å². The van der Waals surface area contributed by atoms with Gasteiger partial charge in [0.25, 0.3) is 5.91 Å². The first-order valence-electron chi connectivity index (χ1n) is 10.9. The van der Waals surface area contributed by atoms with Crippen molar-refractivity contribution in [3.05, 3.63) is 23.8 Å². The van der Waals surface area contributed by atoms with Gasteiger partial charge in [0.15, 0.2) is 0 Å². The number of halogens is 3. The third kappa shape index (κ3) is 6.59. The lowest BCUT2D eigenvalue weighted by Gasteiger charge is -2.42. The van der Waals surface area contributed by atoms with Gasteiger partial charge in [-0.1, -0.05) is 6.92 Å². The number of nitrogens with one attached hydrogen (secondary N) is 2. The number of anilines is 1. The van der Waals surface area contributed by atoms with E-state index in [1.807, 2.05) is 12.2 Å². The summed E-state index contributed by atoms with van der Waals surface area (Å²) in [6.07, 6.45) is -3.78. The van der Waals surface area contributed by atoms with Crippen LogP contribution in [0.25, 0.3) is 0 Å². The molecule has 3 rings (SSSR count). The van der Waals surface area contributed by atoms with Gasteiger partial charge in [-0.3, -0.25) is 14.4 Å². The molecular weight excluding hydrogens is 443 g/mol. The first-order chi connectivity index (χ1) is 15.6. The van der Waals surface area contributed by atoms with Crippen molar-refractivity contribution in [3.63, 3.8) is 0 Å². The molecule has 2 N–H and O–H groups in total. The number of ether oxygens (including phenoxy) is 2. The molecule has 8 nitrogen and oxygen atoms in total. The van der Waals surface area contributed by atoms with Gasteiger partial charge in [0.1, 0.15) is 25.0 Å². The van der Waals surface area contributed by atoms with Gasteiger partial charge in [-0.05, 0) is 37.5 Å². The number of carbonyl (C=O) groups excluding carboxylic acids is 3. The lowest BCUT2D eigenvalue weighted by molar-refractivity contribution is -0.144. The molecule has 2 heterocycles. The first-order valence-corrected chi connectivity index (χ1v) is 10.9. The fourth-order valence-corrected chi connectivity index (χ4v) is 4.03. The standard InChI is InChI=1S/C22H28F3N3O5/c1-3-4-19(29)27-13-5-8-17-15(9-13)21(31)28(2)16-7-6-14(33-18(16)11-32-17)10-20(30)26-12-22(23,24)25/h5,8-9,14,16,18H,3-4,6-7,10-12H2,1-2H3,(H,26,30)(H,27,29)/t14-,16-,18-/m1/s1. The summed E-state index contributed by atoms with van der Waals surface area (Å²) in [5, 5.41) is 4.62. The Balaban J connectivity index is 1.67. The molecule has 0 saturated carbocycles. The van der Waals surface area contributed by atoms with Gasteiger partial charge in [-0.2, -0.15) is 13.2 Å². The normalized spacial score (nSPS) is 22.9. The number of hydrogen-bond donors (Lipinski definition) is 2. The molecular formula is C22H28F3N3O5. The van der Waals surface area contributed by atoms with E-state index in [0.29, 0.717) is 42.7 Å². The second kappa shape index (κ2) is 10.4. The minimum atomic E-state index is -4.48. The molecule has 3 atom stereocenters. The second-order valence-corrected chi connectivity index (χ2v) is 8.27. The molecule has 3 amide bonds. The molecule has 1 fully saturated rings. The van der Waals surface area contributed by atoms with Gasteiger partial charge in [-0.15, -0.1) is 0 Å². The summed E-state index contributed by atoms with van der Waals surface area (Å²) >= 11 is 0. The van der Waals surface area contributed by atoms with E-state index in [-0.39, 0.29) is 30.9 Å². The predicted molar refractivity (Wildman–Crippen MR) is 113 cm³/mol. The third-order valence-electron chi connectivity index (χ3n) is 5.67. The Morgan fingerprint density at radius 1 is 1.21 bits per heavy atom. The Morgan fingerprint density at radius 2 is 1.97 bits per heavy atom. The number of benzene rings is 1. The van der Waals surface area contributed by atoms with Crippen molar-refractivity contribution in [3.8, 4) is 5.75 Å². The van der Waals surface area contributed by atoms with E-state index in [1.54, 1.807) is 30.1 Å². The van der Waals surface area contributed by atoms with Crippen LogP contribution in [-0.4, -0.2) is 67.2 Å². The topological polar surface area (TPSA) is 97.0 Å². The molecule has 11 heteroatoms. The van der Waals surface area contributed by atoms with Gasteiger partial charge in [0.2, 0.25) is 11.8 Å². The van der Waals surface area contributed by atoms with Crippen LogP contribution in [0.3, 0.4) is 0 Å². The molecule has 2 aliphatic heterocycles. The Labute approximate surface area is 189 Å². The highest BCUT2D eigenvalue weighted by Gasteiger charge is 2.39. The third-order valence-corrected chi connectivity index (χ3v) is 5.67.